The number of rotatable bonds is 2. The Balaban J connectivity index is 2.10. The van der Waals surface area contributed by atoms with Gasteiger partial charge in [-0.05, 0) is 16.3 Å². The molecular formula is C16H9Cl6N3. The van der Waals surface area contributed by atoms with Gasteiger partial charge in [-0.25, -0.2) is 15.0 Å². The van der Waals surface area contributed by atoms with Crippen LogP contribution in [-0.2, 0) is 14.0 Å². The summed E-state index contributed by atoms with van der Waals surface area (Å²) in [5, 5.41) is 2.16. The third-order valence-corrected chi connectivity index (χ3v) is 4.43. The molecule has 3 aromatic rings. The third-order valence-electron chi connectivity index (χ3n) is 3.42. The van der Waals surface area contributed by atoms with Crippen molar-refractivity contribution in [1.82, 2.24) is 15.0 Å². The average molecular weight is 456 g/mol. The first kappa shape index (κ1) is 19.2. The number of hydrogen-bond acceptors (Lipinski definition) is 3. The van der Waals surface area contributed by atoms with Gasteiger partial charge in [-0.3, -0.25) is 0 Å². The molecule has 9 heteroatoms. The van der Waals surface area contributed by atoms with Crippen LogP contribution in [0.25, 0.3) is 10.8 Å². The normalized spacial score (nSPS) is 12.6. The molecule has 0 aliphatic rings. The number of aromatic nitrogens is 3. The number of hydrogen-bond donors (Lipinski definition) is 0. The predicted octanol–water partition coefficient (Wildman–Crippen LogP) is 6.27. The molecule has 0 aliphatic carbocycles. The van der Waals surface area contributed by atoms with Crippen LogP contribution in [0.15, 0.2) is 42.5 Å². The maximum absolute atomic E-state index is 5.90. The van der Waals surface area contributed by atoms with Crippen LogP contribution >= 0.6 is 69.6 Å². The lowest BCUT2D eigenvalue weighted by molar-refractivity contribution is 0.793. The Labute approximate surface area is 174 Å². The fourth-order valence-electron chi connectivity index (χ4n) is 2.37. The van der Waals surface area contributed by atoms with Crippen molar-refractivity contribution in [2.45, 2.75) is 14.0 Å². The summed E-state index contributed by atoms with van der Waals surface area (Å²) in [5.74, 6) is 0.155. The molecule has 3 nitrogen and oxygen atoms in total. The molecule has 0 radical (unpaired) electrons. The minimum atomic E-state index is -1.86. The van der Waals surface area contributed by atoms with E-state index in [0.29, 0.717) is 12.2 Å². The maximum Gasteiger partial charge on any atom is 0.250 e. The summed E-state index contributed by atoms with van der Waals surface area (Å²) >= 11 is 35.4. The molecule has 0 unspecified atom stereocenters. The highest BCUT2D eigenvalue weighted by molar-refractivity contribution is 6.67. The second-order valence-electron chi connectivity index (χ2n) is 5.21. The van der Waals surface area contributed by atoms with E-state index < -0.39 is 7.59 Å². The molecular weight excluding hydrogens is 447 g/mol. The van der Waals surface area contributed by atoms with E-state index in [0.717, 1.165) is 16.3 Å². The topological polar surface area (TPSA) is 38.7 Å². The van der Waals surface area contributed by atoms with Crippen molar-refractivity contribution in [3.05, 3.63) is 65.5 Å². The molecule has 3 rings (SSSR count). The zero-order valence-electron chi connectivity index (χ0n) is 12.4. The van der Waals surface area contributed by atoms with Crippen LogP contribution in [0.3, 0.4) is 0 Å². The fourth-order valence-corrected chi connectivity index (χ4v) is 2.88. The number of alkyl halides is 6. The number of nitrogens with zero attached hydrogens (tertiary/aromatic N) is 3. The van der Waals surface area contributed by atoms with Gasteiger partial charge < -0.3 is 0 Å². The van der Waals surface area contributed by atoms with Gasteiger partial charge in [0, 0.05) is 6.42 Å². The van der Waals surface area contributed by atoms with Gasteiger partial charge >= 0.3 is 0 Å². The molecule has 0 fully saturated rings. The highest BCUT2D eigenvalue weighted by atomic mass is 35.6. The Bertz CT molecular complexity index is 880. The SMILES string of the molecule is ClC(Cl)(Cl)c1nc(Cc2cccc3ccccc23)nc(C(Cl)(Cl)Cl)n1. The second-order valence-corrected chi connectivity index (χ2v) is 9.77. The Morgan fingerprint density at radius 3 is 1.84 bits per heavy atom. The summed E-state index contributed by atoms with van der Waals surface area (Å²) in [7, 11) is 0. The molecule has 0 bridgehead atoms. The molecule has 0 amide bonds. The van der Waals surface area contributed by atoms with E-state index in [9.17, 15) is 0 Å². The van der Waals surface area contributed by atoms with Crippen molar-refractivity contribution in [3.63, 3.8) is 0 Å². The van der Waals surface area contributed by atoms with Crippen molar-refractivity contribution in [3.8, 4) is 0 Å². The average Bonchev–Trinajstić information content (AvgIpc) is 2.53. The molecule has 1 heterocycles. The third kappa shape index (κ3) is 4.60. The first-order valence-corrected chi connectivity index (χ1v) is 9.27. The van der Waals surface area contributed by atoms with E-state index in [1.807, 2.05) is 42.5 Å². The standard InChI is InChI=1S/C16H9Cl6N3/c17-15(18,19)13-23-12(24-14(25-13)16(20,21)22)8-10-6-3-5-9-4-1-2-7-11(9)10/h1-7H,8H2. The van der Waals surface area contributed by atoms with E-state index >= 15 is 0 Å². The number of halogens is 6. The van der Waals surface area contributed by atoms with Gasteiger partial charge in [0.15, 0.2) is 11.6 Å². The minimum absolute atomic E-state index is 0.0935. The van der Waals surface area contributed by atoms with Crippen molar-refractivity contribution in [2.75, 3.05) is 0 Å². The molecule has 25 heavy (non-hydrogen) atoms. The lowest BCUT2D eigenvalue weighted by atomic mass is 10.0. The van der Waals surface area contributed by atoms with Crippen LogP contribution in [0.5, 0.6) is 0 Å². The van der Waals surface area contributed by atoms with E-state index in [2.05, 4.69) is 15.0 Å². The Hall–Kier alpha value is -0.550. The quantitative estimate of drug-likeness (QED) is 0.427. The van der Waals surface area contributed by atoms with Crippen LogP contribution < -0.4 is 0 Å². The van der Waals surface area contributed by atoms with Crippen LogP contribution in [0.1, 0.15) is 23.0 Å². The monoisotopic (exact) mass is 453 g/mol. The molecule has 0 saturated carbocycles. The van der Waals surface area contributed by atoms with Crippen LogP contribution in [0.4, 0.5) is 0 Å². The van der Waals surface area contributed by atoms with Crippen LogP contribution in [-0.4, -0.2) is 15.0 Å². The summed E-state index contributed by atoms with van der Waals surface area (Å²) in [6, 6.07) is 13.9. The van der Waals surface area contributed by atoms with Gasteiger partial charge in [0.05, 0.1) is 0 Å². The van der Waals surface area contributed by atoms with E-state index in [-0.39, 0.29) is 11.6 Å². The van der Waals surface area contributed by atoms with Gasteiger partial charge in [0.2, 0.25) is 7.59 Å². The lowest BCUT2D eigenvalue weighted by Crippen LogP contribution is -2.18. The fraction of sp³-hybridized carbons (Fsp3) is 0.188. The predicted molar refractivity (Wildman–Crippen MR) is 105 cm³/mol. The Kier molecular flexibility index (Phi) is 5.55. The van der Waals surface area contributed by atoms with Crippen molar-refractivity contribution < 1.29 is 0 Å². The first-order chi connectivity index (χ1) is 11.6. The van der Waals surface area contributed by atoms with Gasteiger partial charge in [0.25, 0.3) is 0 Å². The number of fused-ring (bicyclic) bond motifs is 1. The first-order valence-electron chi connectivity index (χ1n) is 7.00. The zero-order chi connectivity index (χ0) is 18.2. The Morgan fingerprint density at radius 2 is 1.24 bits per heavy atom. The van der Waals surface area contributed by atoms with E-state index in [1.54, 1.807) is 0 Å². The maximum atomic E-state index is 5.90. The zero-order valence-corrected chi connectivity index (χ0v) is 16.9. The van der Waals surface area contributed by atoms with Crippen molar-refractivity contribution >= 4 is 80.4 Å². The molecule has 0 spiro atoms. The van der Waals surface area contributed by atoms with Gasteiger partial charge in [-0.15, -0.1) is 0 Å². The highest BCUT2D eigenvalue weighted by Crippen LogP contribution is 2.40. The summed E-state index contributed by atoms with van der Waals surface area (Å²) in [6.07, 6.45) is 0.366. The smallest absolute Gasteiger partial charge is 0.213 e. The number of benzene rings is 2. The Morgan fingerprint density at radius 1 is 0.680 bits per heavy atom. The largest absolute Gasteiger partial charge is 0.250 e. The minimum Gasteiger partial charge on any atom is -0.213 e. The molecule has 130 valence electrons. The molecule has 0 atom stereocenters. The highest BCUT2D eigenvalue weighted by Gasteiger charge is 2.33. The lowest BCUT2D eigenvalue weighted by Gasteiger charge is -2.16. The summed E-state index contributed by atoms with van der Waals surface area (Å²) in [4.78, 5) is 12.4. The van der Waals surface area contributed by atoms with E-state index in [1.165, 1.54) is 0 Å². The second kappa shape index (κ2) is 7.22. The van der Waals surface area contributed by atoms with Crippen LogP contribution in [0.2, 0.25) is 0 Å². The molecule has 0 aliphatic heterocycles. The molecule has 1 aromatic heterocycles. The summed E-state index contributed by atoms with van der Waals surface area (Å²) in [6.45, 7) is 0. The van der Waals surface area contributed by atoms with Crippen LogP contribution in [0, 0.1) is 0 Å². The van der Waals surface area contributed by atoms with E-state index in [4.69, 9.17) is 69.6 Å². The van der Waals surface area contributed by atoms with Gasteiger partial charge in [0.1, 0.15) is 5.82 Å². The van der Waals surface area contributed by atoms with Gasteiger partial charge in [-0.1, -0.05) is 112 Å². The summed E-state index contributed by atoms with van der Waals surface area (Å²) < 4.78 is -3.72. The van der Waals surface area contributed by atoms with Crippen molar-refractivity contribution in [1.29, 1.82) is 0 Å². The van der Waals surface area contributed by atoms with Crippen molar-refractivity contribution in [2.24, 2.45) is 0 Å². The summed E-state index contributed by atoms with van der Waals surface area (Å²) in [5.41, 5.74) is 0.995. The van der Waals surface area contributed by atoms with Gasteiger partial charge in [-0.2, -0.15) is 0 Å². The molecule has 0 saturated heterocycles. The molecule has 0 N–H and O–H groups in total. The molecule has 2 aromatic carbocycles.